The standard InChI is InChI=1S/C7H10O2/c1-2-5-3-6(8)4-7(5)9/h4-5,9H,2-3H2,1H3. The predicted molar refractivity (Wildman–Crippen MR) is 34.1 cm³/mol. The maximum atomic E-state index is 10.6. The highest BCUT2D eigenvalue weighted by Gasteiger charge is 2.21. The highest BCUT2D eigenvalue weighted by atomic mass is 16.3. The SMILES string of the molecule is CCC1CC(=O)C=C1O. The van der Waals surface area contributed by atoms with Gasteiger partial charge in [-0.25, -0.2) is 0 Å². The first-order chi connectivity index (χ1) is 4.24. The van der Waals surface area contributed by atoms with Gasteiger partial charge < -0.3 is 5.11 Å². The Hall–Kier alpha value is -0.790. The fourth-order valence-electron chi connectivity index (χ4n) is 1.04. The maximum absolute atomic E-state index is 10.6. The number of aliphatic hydroxyl groups is 1. The highest BCUT2D eigenvalue weighted by molar-refractivity contribution is 5.92. The molecule has 1 atom stereocenters. The number of hydrogen-bond acceptors (Lipinski definition) is 2. The molecule has 0 spiro atoms. The van der Waals surface area contributed by atoms with E-state index in [1.807, 2.05) is 6.92 Å². The summed E-state index contributed by atoms with van der Waals surface area (Å²) >= 11 is 0. The molecule has 0 bridgehead atoms. The number of allylic oxidation sites excluding steroid dienone is 2. The monoisotopic (exact) mass is 126 g/mol. The molecule has 0 fully saturated rings. The molecule has 1 N–H and O–H groups in total. The third-order valence-electron chi connectivity index (χ3n) is 1.67. The Labute approximate surface area is 54.2 Å². The van der Waals surface area contributed by atoms with Crippen molar-refractivity contribution in [3.63, 3.8) is 0 Å². The van der Waals surface area contributed by atoms with Gasteiger partial charge in [0.05, 0.1) is 5.76 Å². The zero-order valence-corrected chi connectivity index (χ0v) is 5.42. The average molecular weight is 126 g/mol. The minimum absolute atomic E-state index is 0.0550. The number of hydrogen-bond donors (Lipinski definition) is 1. The lowest BCUT2D eigenvalue weighted by Crippen LogP contribution is -1.97. The Bertz CT molecular complexity index is 158. The minimum Gasteiger partial charge on any atom is -0.512 e. The van der Waals surface area contributed by atoms with Gasteiger partial charge >= 0.3 is 0 Å². The molecule has 1 aliphatic carbocycles. The van der Waals surface area contributed by atoms with Crippen LogP contribution in [0.1, 0.15) is 19.8 Å². The molecule has 0 aromatic heterocycles. The van der Waals surface area contributed by atoms with Crippen LogP contribution in [-0.2, 0) is 4.79 Å². The average Bonchev–Trinajstić information content (AvgIpc) is 2.10. The number of carbonyl (C=O) groups excluding carboxylic acids is 1. The van der Waals surface area contributed by atoms with Crippen molar-refractivity contribution in [2.24, 2.45) is 5.92 Å². The summed E-state index contributed by atoms with van der Waals surface area (Å²) in [5.74, 6) is 0.430. The van der Waals surface area contributed by atoms with Gasteiger partial charge in [0, 0.05) is 18.4 Å². The van der Waals surface area contributed by atoms with Gasteiger partial charge in [-0.15, -0.1) is 0 Å². The van der Waals surface area contributed by atoms with E-state index in [0.29, 0.717) is 6.42 Å². The lowest BCUT2D eigenvalue weighted by atomic mass is 10.1. The van der Waals surface area contributed by atoms with E-state index in [1.54, 1.807) is 0 Å². The van der Waals surface area contributed by atoms with Crippen molar-refractivity contribution in [1.82, 2.24) is 0 Å². The van der Waals surface area contributed by atoms with Crippen molar-refractivity contribution >= 4 is 5.78 Å². The largest absolute Gasteiger partial charge is 0.512 e. The second-order valence-corrected chi connectivity index (χ2v) is 2.34. The summed E-state index contributed by atoms with van der Waals surface area (Å²) in [5, 5.41) is 9.00. The van der Waals surface area contributed by atoms with Crippen molar-refractivity contribution < 1.29 is 9.90 Å². The van der Waals surface area contributed by atoms with Crippen LogP contribution in [0.25, 0.3) is 0 Å². The van der Waals surface area contributed by atoms with Gasteiger partial charge in [0.1, 0.15) is 0 Å². The van der Waals surface area contributed by atoms with E-state index < -0.39 is 0 Å². The first kappa shape index (κ1) is 6.33. The molecule has 1 aliphatic rings. The lowest BCUT2D eigenvalue weighted by Gasteiger charge is -2.02. The van der Waals surface area contributed by atoms with Crippen molar-refractivity contribution in [3.05, 3.63) is 11.8 Å². The van der Waals surface area contributed by atoms with Gasteiger partial charge in [-0.1, -0.05) is 6.92 Å². The van der Waals surface area contributed by atoms with Crippen LogP contribution < -0.4 is 0 Å². The summed E-state index contributed by atoms with van der Waals surface area (Å²) in [4.78, 5) is 10.6. The van der Waals surface area contributed by atoms with E-state index in [9.17, 15) is 4.79 Å². The molecule has 2 heteroatoms. The minimum atomic E-state index is 0.0550. The van der Waals surface area contributed by atoms with Gasteiger partial charge in [-0.05, 0) is 6.42 Å². The van der Waals surface area contributed by atoms with E-state index in [1.165, 1.54) is 6.08 Å². The number of rotatable bonds is 1. The van der Waals surface area contributed by atoms with E-state index in [2.05, 4.69) is 0 Å². The quantitative estimate of drug-likeness (QED) is 0.577. The Morgan fingerprint density at radius 3 is 2.78 bits per heavy atom. The predicted octanol–water partition coefficient (Wildman–Crippen LogP) is 1.43. The summed E-state index contributed by atoms with van der Waals surface area (Å²) in [6.07, 6.45) is 2.69. The smallest absolute Gasteiger partial charge is 0.159 e. The van der Waals surface area contributed by atoms with Crippen LogP contribution >= 0.6 is 0 Å². The molecule has 0 aromatic rings. The second-order valence-electron chi connectivity index (χ2n) is 2.34. The Morgan fingerprint density at radius 1 is 1.89 bits per heavy atom. The molecule has 0 saturated heterocycles. The molecule has 1 rings (SSSR count). The van der Waals surface area contributed by atoms with Crippen LogP contribution in [0.5, 0.6) is 0 Å². The van der Waals surface area contributed by atoms with Gasteiger partial charge in [0.15, 0.2) is 5.78 Å². The molecule has 0 aliphatic heterocycles. The summed E-state index contributed by atoms with van der Waals surface area (Å²) in [6.45, 7) is 1.97. The van der Waals surface area contributed by atoms with Gasteiger partial charge in [-0.3, -0.25) is 4.79 Å². The van der Waals surface area contributed by atoms with Crippen molar-refractivity contribution in [1.29, 1.82) is 0 Å². The van der Waals surface area contributed by atoms with E-state index >= 15 is 0 Å². The molecule has 0 amide bonds. The van der Waals surface area contributed by atoms with Crippen LogP contribution in [0.15, 0.2) is 11.8 Å². The molecule has 2 nitrogen and oxygen atoms in total. The molecule has 0 saturated carbocycles. The number of ketones is 1. The van der Waals surface area contributed by atoms with Crippen molar-refractivity contribution in [2.45, 2.75) is 19.8 Å². The zero-order valence-electron chi connectivity index (χ0n) is 5.42. The van der Waals surface area contributed by atoms with Crippen LogP contribution in [0.2, 0.25) is 0 Å². The molecule has 0 aromatic carbocycles. The first-order valence-corrected chi connectivity index (χ1v) is 3.17. The molecule has 1 unspecified atom stereocenters. The van der Waals surface area contributed by atoms with Gasteiger partial charge in [-0.2, -0.15) is 0 Å². The summed E-state index contributed by atoms with van der Waals surface area (Å²) in [6, 6.07) is 0. The summed E-state index contributed by atoms with van der Waals surface area (Å²) in [7, 11) is 0. The molecule has 0 radical (unpaired) electrons. The Balaban J connectivity index is 2.64. The fourth-order valence-corrected chi connectivity index (χ4v) is 1.04. The molecule has 0 heterocycles. The van der Waals surface area contributed by atoms with Crippen molar-refractivity contribution in [2.75, 3.05) is 0 Å². The summed E-state index contributed by atoms with van der Waals surface area (Å²) in [5.41, 5.74) is 0. The Morgan fingerprint density at radius 2 is 2.56 bits per heavy atom. The number of carbonyl (C=O) groups is 1. The molecule has 50 valence electrons. The van der Waals surface area contributed by atoms with E-state index in [-0.39, 0.29) is 17.5 Å². The lowest BCUT2D eigenvalue weighted by molar-refractivity contribution is -0.114. The molecular formula is C7H10O2. The maximum Gasteiger partial charge on any atom is 0.159 e. The van der Waals surface area contributed by atoms with Crippen LogP contribution in [0.3, 0.4) is 0 Å². The zero-order chi connectivity index (χ0) is 6.85. The third kappa shape index (κ3) is 1.12. The van der Waals surface area contributed by atoms with Crippen LogP contribution in [0, 0.1) is 5.92 Å². The van der Waals surface area contributed by atoms with Gasteiger partial charge in [0.25, 0.3) is 0 Å². The van der Waals surface area contributed by atoms with Crippen LogP contribution in [0.4, 0.5) is 0 Å². The highest BCUT2D eigenvalue weighted by Crippen LogP contribution is 2.23. The van der Waals surface area contributed by atoms with E-state index in [4.69, 9.17) is 5.11 Å². The fraction of sp³-hybridized carbons (Fsp3) is 0.571. The normalized spacial score (nSPS) is 26.6. The number of aliphatic hydroxyl groups excluding tert-OH is 1. The van der Waals surface area contributed by atoms with Gasteiger partial charge in [0.2, 0.25) is 0 Å². The second kappa shape index (κ2) is 2.21. The molecular weight excluding hydrogens is 116 g/mol. The third-order valence-corrected chi connectivity index (χ3v) is 1.67. The Kier molecular flexibility index (Phi) is 1.56. The first-order valence-electron chi connectivity index (χ1n) is 3.17. The summed E-state index contributed by atoms with van der Waals surface area (Å²) < 4.78 is 0. The van der Waals surface area contributed by atoms with Crippen molar-refractivity contribution in [3.8, 4) is 0 Å². The molecule has 9 heavy (non-hydrogen) atoms. The van der Waals surface area contributed by atoms with E-state index in [0.717, 1.165) is 6.42 Å². The van der Waals surface area contributed by atoms with Crippen LogP contribution in [-0.4, -0.2) is 10.9 Å². The topological polar surface area (TPSA) is 37.3 Å².